The lowest BCUT2D eigenvalue weighted by Gasteiger charge is -2.48. The number of unbranched alkanes of at least 4 members (excludes halogenated alkanes) is 20. The molecule has 0 aliphatic carbocycles. The summed E-state index contributed by atoms with van der Waals surface area (Å²) in [6.07, 6.45) is 27.2. The van der Waals surface area contributed by atoms with E-state index >= 15 is 0 Å². The van der Waals surface area contributed by atoms with Crippen molar-refractivity contribution >= 4 is 5.91 Å². The summed E-state index contributed by atoms with van der Waals surface area (Å²) >= 11 is 0. The van der Waals surface area contributed by atoms with Crippen LogP contribution in [0.4, 0.5) is 0 Å². The van der Waals surface area contributed by atoms with Crippen molar-refractivity contribution in [1.82, 2.24) is 5.32 Å². The molecule has 0 radical (unpaired) electrons. The maximum atomic E-state index is 13.2. The SMILES string of the molecule is CC/C=C\C/C=C\C/C=C\C/C=C\C/C=C\CCCCCCCCCCCCCCCCCCCC(=O)NC(COC1OC(CO)C(OC2OC(CO)C(OC3OC(CO)C(O)C(O)C3O)C(O)C2O)C(O)C1O)C(O)CCCCCC. The molecule has 3 fully saturated rings. The molecule has 19 heteroatoms. The van der Waals surface area contributed by atoms with Crippen molar-refractivity contribution in [2.75, 3.05) is 26.4 Å². The molecule has 3 heterocycles. The Hall–Kier alpha value is -2.51. The topological polar surface area (TPSA) is 307 Å². The number of aliphatic hydroxyl groups is 11. The molecule has 0 aromatic rings. The van der Waals surface area contributed by atoms with Gasteiger partial charge in [-0.15, -0.1) is 0 Å². The predicted molar refractivity (Wildman–Crippen MR) is 314 cm³/mol. The van der Waals surface area contributed by atoms with E-state index < -0.39 is 124 Å². The minimum Gasteiger partial charge on any atom is -0.394 e. The summed E-state index contributed by atoms with van der Waals surface area (Å²) in [5.74, 6) is -0.253. The van der Waals surface area contributed by atoms with Crippen LogP contribution in [0.5, 0.6) is 0 Å². The van der Waals surface area contributed by atoms with E-state index in [1.165, 1.54) is 89.9 Å². The molecule has 12 N–H and O–H groups in total. The van der Waals surface area contributed by atoms with E-state index in [1.807, 2.05) is 0 Å². The second kappa shape index (κ2) is 45.8. The van der Waals surface area contributed by atoms with Gasteiger partial charge < -0.3 is 89.9 Å². The first-order valence-electron chi connectivity index (χ1n) is 31.5. The number of carbonyl (C=O) groups is 1. The number of allylic oxidation sites excluding steroid dienone is 10. The number of amides is 1. The highest BCUT2D eigenvalue weighted by Crippen LogP contribution is 2.33. The molecule has 476 valence electrons. The molecule has 19 nitrogen and oxygen atoms in total. The number of rotatable bonds is 46. The Bertz CT molecular complexity index is 1730. The number of nitrogens with one attached hydrogen (secondary N) is 1. The maximum absolute atomic E-state index is 13.2. The van der Waals surface area contributed by atoms with Crippen LogP contribution in [0.1, 0.15) is 200 Å². The van der Waals surface area contributed by atoms with Gasteiger partial charge in [0.25, 0.3) is 0 Å². The molecule has 1 amide bonds. The molecular formula is C63H111NO18. The molecular weight excluding hydrogens is 1060 g/mol. The van der Waals surface area contributed by atoms with E-state index in [4.69, 9.17) is 28.4 Å². The van der Waals surface area contributed by atoms with Crippen molar-refractivity contribution in [3.8, 4) is 0 Å². The van der Waals surface area contributed by atoms with Crippen LogP contribution in [0.25, 0.3) is 0 Å². The summed E-state index contributed by atoms with van der Waals surface area (Å²) in [6, 6.07) is -0.883. The smallest absolute Gasteiger partial charge is 0.220 e. The van der Waals surface area contributed by atoms with Crippen LogP contribution in [-0.2, 0) is 33.2 Å². The van der Waals surface area contributed by atoms with Crippen molar-refractivity contribution in [3.05, 3.63) is 60.8 Å². The van der Waals surface area contributed by atoms with E-state index in [0.29, 0.717) is 19.3 Å². The number of carbonyl (C=O) groups excluding carboxylic acids is 1. The van der Waals surface area contributed by atoms with Gasteiger partial charge in [-0.2, -0.15) is 0 Å². The highest BCUT2D eigenvalue weighted by atomic mass is 16.8. The fourth-order valence-electron chi connectivity index (χ4n) is 10.5. The number of ether oxygens (including phenoxy) is 6. The molecule has 3 rings (SSSR count). The van der Waals surface area contributed by atoms with Gasteiger partial charge in [-0.05, 0) is 57.8 Å². The molecule has 3 saturated heterocycles. The van der Waals surface area contributed by atoms with Crippen molar-refractivity contribution in [2.24, 2.45) is 0 Å². The fraction of sp³-hybridized carbons (Fsp3) is 0.825. The lowest BCUT2D eigenvalue weighted by Crippen LogP contribution is -2.66. The highest BCUT2D eigenvalue weighted by Gasteiger charge is 2.53. The van der Waals surface area contributed by atoms with Crippen LogP contribution in [0.2, 0.25) is 0 Å². The molecule has 82 heavy (non-hydrogen) atoms. The second-order valence-corrected chi connectivity index (χ2v) is 22.5. The van der Waals surface area contributed by atoms with Crippen LogP contribution >= 0.6 is 0 Å². The number of aliphatic hydroxyl groups excluding tert-OH is 11. The van der Waals surface area contributed by atoms with Gasteiger partial charge in [-0.3, -0.25) is 4.79 Å². The molecule has 0 spiro atoms. The van der Waals surface area contributed by atoms with Gasteiger partial charge in [0, 0.05) is 6.42 Å². The standard InChI is InChI=1S/C63H111NO18/c1-3-5-7-9-10-11-12-13-14-15-16-17-18-19-20-21-22-23-24-25-26-27-28-29-30-31-32-33-34-35-36-37-39-41-51(69)64-46(47(68)40-38-8-6-4-2)45-77-61-57(75)54(72)59(49(43-66)79-61)82-63-58(76)55(73)60(50(44-67)80-63)81-62-56(74)53(71)52(70)48(42-65)78-62/h5,7,10-11,13-14,16-17,19-20,46-50,52-63,65-68,70-76H,3-4,6,8-9,12,15,18,21-45H2,1-2H3,(H,64,69)/b7-5-,11-10-,14-13-,17-16-,20-19-. The van der Waals surface area contributed by atoms with E-state index in [0.717, 1.165) is 70.6 Å². The molecule has 0 aromatic carbocycles. The molecule has 0 bridgehead atoms. The Balaban J connectivity index is 1.27. The van der Waals surface area contributed by atoms with Crippen molar-refractivity contribution in [2.45, 2.75) is 304 Å². The van der Waals surface area contributed by atoms with Crippen molar-refractivity contribution in [1.29, 1.82) is 0 Å². The molecule has 3 aliphatic heterocycles. The normalized spacial score (nSPS) is 30.0. The number of hydrogen-bond donors (Lipinski definition) is 12. The Morgan fingerprint density at radius 3 is 1.30 bits per heavy atom. The van der Waals surface area contributed by atoms with Gasteiger partial charge in [0.15, 0.2) is 18.9 Å². The Labute approximate surface area is 490 Å². The van der Waals surface area contributed by atoms with E-state index in [2.05, 4.69) is 79.9 Å². The Kier molecular flexibility index (Phi) is 41.2. The average Bonchev–Trinajstić information content (AvgIpc) is 3.49. The molecule has 0 aromatic heterocycles. The van der Waals surface area contributed by atoms with Gasteiger partial charge in [-0.25, -0.2) is 0 Å². The Morgan fingerprint density at radius 2 is 0.841 bits per heavy atom. The van der Waals surface area contributed by atoms with E-state index in [-0.39, 0.29) is 18.9 Å². The van der Waals surface area contributed by atoms with Gasteiger partial charge in [0.2, 0.25) is 5.91 Å². The molecule has 17 unspecified atom stereocenters. The minimum atomic E-state index is -1.97. The molecule has 3 aliphatic rings. The fourth-order valence-corrected chi connectivity index (χ4v) is 10.5. The van der Waals surface area contributed by atoms with Crippen LogP contribution < -0.4 is 5.32 Å². The van der Waals surface area contributed by atoms with Crippen LogP contribution in [0.3, 0.4) is 0 Å². The molecule has 0 saturated carbocycles. The first-order valence-corrected chi connectivity index (χ1v) is 31.5. The third-order valence-electron chi connectivity index (χ3n) is 15.6. The minimum absolute atomic E-state index is 0.253. The third-order valence-corrected chi connectivity index (χ3v) is 15.6. The van der Waals surface area contributed by atoms with Crippen LogP contribution in [0.15, 0.2) is 60.8 Å². The van der Waals surface area contributed by atoms with Crippen LogP contribution in [0, 0.1) is 0 Å². The maximum Gasteiger partial charge on any atom is 0.220 e. The summed E-state index contributed by atoms with van der Waals surface area (Å²) < 4.78 is 34.1. The van der Waals surface area contributed by atoms with Gasteiger partial charge in [0.05, 0.1) is 38.6 Å². The Morgan fingerprint density at radius 1 is 0.451 bits per heavy atom. The van der Waals surface area contributed by atoms with Crippen molar-refractivity contribution in [3.63, 3.8) is 0 Å². The third kappa shape index (κ3) is 28.8. The average molecular weight is 1170 g/mol. The zero-order valence-electron chi connectivity index (χ0n) is 49.7. The van der Waals surface area contributed by atoms with Gasteiger partial charge >= 0.3 is 0 Å². The highest BCUT2D eigenvalue weighted by molar-refractivity contribution is 5.76. The first kappa shape index (κ1) is 73.7. The summed E-state index contributed by atoms with van der Waals surface area (Å²) in [5.41, 5.74) is 0. The van der Waals surface area contributed by atoms with E-state index in [9.17, 15) is 61.0 Å². The van der Waals surface area contributed by atoms with E-state index in [1.54, 1.807) is 0 Å². The summed E-state index contributed by atoms with van der Waals surface area (Å²) in [6.45, 7) is 1.52. The summed E-state index contributed by atoms with van der Waals surface area (Å²) in [5, 5.41) is 119. The zero-order valence-corrected chi connectivity index (χ0v) is 49.7. The monoisotopic (exact) mass is 1170 g/mol. The largest absolute Gasteiger partial charge is 0.394 e. The number of hydrogen-bond acceptors (Lipinski definition) is 18. The quantitative estimate of drug-likeness (QED) is 0.0231. The lowest BCUT2D eigenvalue weighted by atomic mass is 9.96. The van der Waals surface area contributed by atoms with Gasteiger partial charge in [-0.1, -0.05) is 197 Å². The van der Waals surface area contributed by atoms with Crippen molar-refractivity contribution < 1.29 is 89.4 Å². The summed E-state index contributed by atoms with van der Waals surface area (Å²) in [4.78, 5) is 13.2. The summed E-state index contributed by atoms with van der Waals surface area (Å²) in [7, 11) is 0. The molecule has 17 atom stereocenters. The predicted octanol–water partition coefficient (Wildman–Crippen LogP) is 6.43. The van der Waals surface area contributed by atoms with Crippen LogP contribution in [-0.4, -0.2) is 193 Å². The van der Waals surface area contributed by atoms with Gasteiger partial charge in [0.1, 0.15) is 73.2 Å². The lowest BCUT2D eigenvalue weighted by molar-refractivity contribution is -0.379. The first-order chi connectivity index (χ1) is 39.8. The zero-order chi connectivity index (χ0) is 59.7. The second-order valence-electron chi connectivity index (χ2n) is 22.5.